The van der Waals surface area contributed by atoms with E-state index in [4.69, 9.17) is 16.2 Å². The van der Waals surface area contributed by atoms with Crippen molar-refractivity contribution in [1.82, 2.24) is 29.7 Å². The predicted molar refractivity (Wildman–Crippen MR) is 105 cm³/mol. The van der Waals surface area contributed by atoms with Gasteiger partial charge in [0.1, 0.15) is 18.3 Å². The van der Waals surface area contributed by atoms with Crippen LogP contribution in [-0.2, 0) is 0 Å². The van der Waals surface area contributed by atoms with E-state index in [1.165, 1.54) is 0 Å². The average molecular weight is 381 g/mol. The van der Waals surface area contributed by atoms with E-state index in [-0.39, 0.29) is 11.7 Å². The highest BCUT2D eigenvalue weighted by atomic mass is 16.5. The maximum atomic E-state index is 6.22. The lowest BCUT2D eigenvalue weighted by Gasteiger charge is -2.29. The summed E-state index contributed by atoms with van der Waals surface area (Å²) in [4.78, 5) is 17.2. The zero-order chi connectivity index (χ0) is 19.5. The van der Waals surface area contributed by atoms with Gasteiger partial charge >= 0.3 is 0 Å². The summed E-state index contributed by atoms with van der Waals surface area (Å²) >= 11 is 0. The molecular weight excluding hydrogens is 358 g/mol. The van der Waals surface area contributed by atoms with Crippen LogP contribution in [0, 0.1) is 0 Å². The number of rotatable bonds is 5. The molecular formula is C18H23N9O. The monoisotopic (exact) mass is 381 g/mol. The molecule has 0 atom stereocenters. The van der Waals surface area contributed by atoms with E-state index >= 15 is 0 Å². The molecule has 10 nitrogen and oxygen atoms in total. The van der Waals surface area contributed by atoms with E-state index < -0.39 is 0 Å². The van der Waals surface area contributed by atoms with Crippen molar-refractivity contribution in [2.45, 2.75) is 37.6 Å². The third-order valence-corrected chi connectivity index (χ3v) is 5.11. The van der Waals surface area contributed by atoms with E-state index in [9.17, 15) is 0 Å². The number of pyridine rings is 1. The molecule has 0 bridgehead atoms. The quantitative estimate of drug-likeness (QED) is 0.606. The van der Waals surface area contributed by atoms with E-state index in [0.29, 0.717) is 29.2 Å². The fourth-order valence-corrected chi connectivity index (χ4v) is 3.66. The number of methoxy groups -OCH3 is 1. The summed E-state index contributed by atoms with van der Waals surface area (Å²) in [6.07, 6.45) is 8.85. The van der Waals surface area contributed by atoms with Crippen LogP contribution < -0.4 is 21.5 Å². The summed E-state index contributed by atoms with van der Waals surface area (Å²) in [5.74, 6) is 1.33. The average Bonchev–Trinajstić information content (AvgIpc) is 3.26. The molecule has 0 radical (unpaired) electrons. The van der Waals surface area contributed by atoms with Gasteiger partial charge in [-0.3, -0.25) is 0 Å². The second-order valence-electron chi connectivity index (χ2n) is 6.80. The smallest absolute Gasteiger partial charge is 0.237 e. The molecule has 0 aromatic carbocycles. The van der Waals surface area contributed by atoms with E-state index in [1.54, 1.807) is 32.0 Å². The molecule has 0 unspecified atom stereocenters. The summed E-state index contributed by atoms with van der Waals surface area (Å²) < 4.78 is 7.19. The summed E-state index contributed by atoms with van der Waals surface area (Å²) in [5.41, 5.74) is 14.2. The minimum atomic E-state index is 0.224. The first-order valence-electron chi connectivity index (χ1n) is 9.18. The Kier molecular flexibility index (Phi) is 4.92. The fourth-order valence-electron chi connectivity index (χ4n) is 3.66. The standard InChI is InChI=1S/C18H23N9O/c1-28-17-13(3-2-8-22-17)24-18-25-15(14(19)16(20)26-18)11-4-6-12(7-5-11)27-10-21-9-23-27/h2-3,8-12H,4-7,19H2,1H3,(H3,20,24,25,26). The Morgan fingerprint density at radius 3 is 2.71 bits per heavy atom. The zero-order valence-corrected chi connectivity index (χ0v) is 15.6. The van der Waals surface area contributed by atoms with Gasteiger partial charge in [0.25, 0.3) is 0 Å². The number of nitrogen functional groups attached to an aromatic ring is 2. The van der Waals surface area contributed by atoms with E-state index in [2.05, 4.69) is 30.4 Å². The molecule has 0 spiro atoms. The van der Waals surface area contributed by atoms with Crippen molar-refractivity contribution in [1.29, 1.82) is 0 Å². The summed E-state index contributed by atoms with van der Waals surface area (Å²) in [5, 5.41) is 7.39. The summed E-state index contributed by atoms with van der Waals surface area (Å²) in [6.45, 7) is 0. The van der Waals surface area contributed by atoms with Gasteiger partial charge in [0.2, 0.25) is 11.8 Å². The molecule has 3 heterocycles. The third-order valence-electron chi connectivity index (χ3n) is 5.11. The maximum Gasteiger partial charge on any atom is 0.237 e. The number of hydrogen-bond donors (Lipinski definition) is 3. The summed E-state index contributed by atoms with van der Waals surface area (Å²) in [7, 11) is 1.56. The maximum absolute atomic E-state index is 6.22. The second kappa shape index (κ2) is 7.67. The molecule has 1 fully saturated rings. The molecule has 1 saturated carbocycles. The zero-order valence-electron chi connectivity index (χ0n) is 15.6. The van der Waals surface area contributed by atoms with Gasteiger partial charge in [0, 0.05) is 12.1 Å². The van der Waals surface area contributed by atoms with Crippen LogP contribution in [0.25, 0.3) is 0 Å². The first kappa shape index (κ1) is 18.0. The Morgan fingerprint density at radius 2 is 2.00 bits per heavy atom. The predicted octanol–water partition coefficient (Wildman–Crippen LogP) is 2.28. The van der Waals surface area contributed by atoms with E-state index in [1.807, 2.05) is 10.7 Å². The first-order valence-corrected chi connectivity index (χ1v) is 9.18. The topological polar surface area (TPSA) is 143 Å². The van der Waals surface area contributed by atoms with Gasteiger partial charge in [-0.15, -0.1) is 0 Å². The van der Waals surface area contributed by atoms with Crippen LogP contribution in [0.1, 0.15) is 43.3 Å². The lowest BCUT2D eigenvalue weighted by molar-refractivity contribution is 0.301. The normalized spacial score (nSPS) is 19.3. The minimum Gasteiger partial charge on any atom is -0.480 e. The molecule has 0 amide bonds. The largest absolute Gasteiger partial charge is 0.480 e. The van der Waals surface area contributed by atoms with Crippen molar-refractivity contribution in [2.75, 3.05) is 23.9 Å². The highest BCUT2D eigenvalue weighted by Crippen LogP contribution is 2.40. The van der Waals surface area contributed by atoms with Crippen LogP contribution >= 0.6 is 0 Å². The first-order chi connectivity index (χ1) is 13.7. The molecule has 4 rings (SSSR count). The highest BCUT2D eigenvalue weighted by molar-refractivity contribution is 5.67. The number of nitrogens with zero attached hydrogens (tertiary/aromatic N) is 6. The van der Waals surface area contributed by atoms with Gasteiger partial charge in [0.15, 0.2) is 5.82 Å². The minimum absolute atomic E-state index is 0.224. The van der Waals surface area contributed by atoms with Crippen molar-refractivity contribution in [3.63, 3.8) is 0 Å². The molecule has 1 aliphatic rings. The summed E-state index contributed by atoms with van der Waals surface area (Å²) in [6, 6.07) is 4.00. The molecule has 10 heteroatoms. The second-order valence-corrected chi connectivity index (χ2v) is 6.80. The van der Waals surface area contributed by atoms with Gasteiger partial charge in [-0.2, -0.15) is 10.1 Å². The van der Waals surface area contributed by atoms with Crippen molar-refractivity contribution >= 4 is 23.1 Å². The van der Waals surface area contributed by atoms with Crippen LogP contribution in [0.5, 0.6) is 5.88 Å². The van der Waals surface area contributed by atoms with Gasteiger partial charge in [-0.25, -0.2) is 19.6 Å². The van der Waals surface area contributed by atoms with Crippen LogP contribution in [0.15, 0.2) is 31.0 Å². The van der Waals surface area contributed by atoms with Gasteiger partial charge in [-0.05, 0) is 37.8 Å². The molecule has 3 aromatic heterocycles. The molecule has 146 valence electrons. The van der Waals surface area contributed by atoms with Crippen LogP contribution in [0.2, 0.25) is 0 Å². The van der Waals surface area contributed by atoms with Gasteiger partial charge in [0.05, 0.1) is 24.5 Å². The number of aromatic nitrogens is 6. The van der Waals surface area contributed by atoms with Gasteiger partial charge in [-0.1, -0.05) is 0 Å². The lowest BCUT2D eigenvalue weighted by Crippen LogP contribution is -2.20. The Balaban J connectivity index is 1.54. The van der Waals surface area contributed by atoms with Crippen LogP contribution in [-0.4, -0.2) is 36.8 Å². The lowest BCUT2D eigenvalue weighted by atomic mass is 9.83. The Hall–Kier alpha value is -3.43. The molecule has 28 heavy (non-hydrogen) atoms. The third kappa shape index (κ3) is 3.53. The highest BCUT2D eigenvalue weighted by Gasteiger charge is 2.27. The Bertz CT molecular complexity index is 936. The van der Waals surface area contributed by atoms with Crippen LogP contribution in [0.3, 0.4) is 0 Å². The van der Waals surface area contributed by atoms with Crippen molar-refractivity contribution < 1.29 is 4.74 Å². The SMILES string of the molecule is COc1ncccc1Nc1nc(N)c(N)c(C2CCC(n3cncn3)CC2)n1. The molecule has 1 aliphatic carbocycles. The Labute approximate surface area is 162 Å². The Morgan fingerprint density at radius 1 is 1.18 bits per heavy atom. The number of ether oxygens (including phenoxy) is 1. The van der Waals surface area contributed by atoms with Crippen LogP contribution in [0.4, 0.5) is 23.1 Å². The van der Waals surface area contributed by atoms with Gasteiger partial charge < -0.3 is 21.5 Å². The number of hydrogen-bond acceptors (Lipinski definition) is 9. The van der Waals surface area contributed by atoms with E-state index in [0.717, 1.165) is 31.4 Å². The number of anilines is 4. The van der Waals surface area contributed by atoms with Crippen molar-refractivity contribution in [3.05, 3.63) is 36.7 Å². The molecule has 5 N–H and O–H groups in total. The number of nitrogens with one attached hydrogen (secondary N) is 1. The molecule has 3 aromatic rings. The van der Waals surface area contributed by atoms with Crippen molar-refractivity contribution in [3.8, 4) is 5.88 Å². The fraction of sp³-hybridized carbons (Fsp3) is 0.389. The molecule has 0 aliphatic heterocycles. The number of nitrogens with two attached hydrogens (primary N) is 2. The van der Waals surface area contributed by atoms with Crippen molar-refractivity contribution in [2.24, 2.45) is 0 Å². The molecule has 0 saturated heterocycles.